The Morgan fingerprint density at radius 3 is 2.33 bits per heavy atom. The Morgan fingerprint density at radius 1 is 1.04 bits per heavy atom. The summed E-state index contributed by atoms with van der Waals surface area (Å²) in [6.07, 6.45) is 14.2. The number of nitrogens with zero attached hydrogens (tertiary/aromatic N) is 2. The molecule has 2 heterocycles. The van der Waals surface area contributed by atoms with Gasteiger partial charge in [-0.25, -0.2) is 4.98 Å². The molecule has 150 valence electrons. The molecular weight excluding hydrogens is 342 g/mol. The normalized spacial score (nSPS) is 11.4. The monoisotopic (exact) mass is 375 g/mol. The van der Waals surface area contributed by atoms with Crippen LogP contribution in [0.5, 0.6) is 0 Å². The van der Waals surface area contributed by atoms with Gasteiger partial charge in [-0.15, -0.1) is 0 Å². The molecule has 0 saturated carbocycles. The van der Waals surface area contributed by atoms with E-state index >= 15 is 0 Å². The lowest BCUT2D eigenvalue weighted by molar-refractivity contribution is -0.116. The molecule has 2 aromatic heterocycles. The Bertz CT molecular complexity index is 750. The molecule has 2 aromatic rings. The van der Waals surface area contributed by atoms with Crippen molar-refractivity contribution < 1.29 is 4.79 Å². The van der Waals surface area contributed by atoms with Gasteiger partial charge < -0.3 is 4.98 Å². The second-order valence-corrected chi connectivity index (χ2v) is 7.68. The number of anilines is 1. The number of unbranched alkanes of at least 4 members (excludes halogenated alkanes) is 8. The summed E-state index contributed by atoms with van der Waals surface area (Å²) < 4.78 is 0. The van der Waals surface area contributed by atoms with Crippen molar-refractivity contribution in [2.24, 2.45) is 5.92 Å². The molecule has 27 heavy (non-hydrogen) atoms. The summed E-state index contributed by atoms with van der Waals surface area (Å²) >= 11 is 0. The highest BCUT2D eigenvalue weighted by molar-refractivity contribution is 5.89. The van der Waals surface area contributed by atoms with E-state index in [1.807, 2.05) is 0 Å². The maximum absolute atomic E-state index is 12.0. The van der Waals surface area contributed by atoms with Gasteiger partial charge in [-0.1, -0.05) is 71.6 Å². The van der Waals surface area contributed by atoms with Crippen LogP contribution in [0, 0.1) is 5.92 Å². The molecule has 0 aliphatic rings. The molecule has 3 N–H and O–H groups in total. The van der Waals surface area contributed by atoms with Crippen LogP contribution in [0.15, 0.2) is 11.1 Å². The fraction of sp³-hybridized carbons (Fsp3) is 0.700. The number of carbonyl (C=O) groups excluding carboxylic acids is 1. The minimum Gasteiger partial charge on any atom is -0.339 e. The lowest BCUT2D eigenvalue weighted by Crippen LogP contribution is -2.18. The molecule has 2 rings (SSSR count). The zero-order valence-electron chi connectivity index (χ0n) is 16.6. The lowest BCUT2D eigenvalue weighted by atomic mass is 10.0. The van der Waals surface area contributed by atoms with Crippen LogP contribution in [0.2, 0.25) is 0 Å². The number of rotatable bonds is 13. The summed E-state index contributed by atoms with van der Waals surface area (Å²) in [6.45, 7) is 4.57. The minimum absolute atomic E-state index is 0.127. The Labute approximate surface area is 160 Å². The molecule has 0 spiro atoms. The largest absolute Gasteiger partial charge is 0.339 e. The highest BCUT2D eigenvalue weighted by Crippen LogP contribution is 2.13. The highest BCUT2D eigenvalue weighted by Gasteiger charge is 2.08. The Morgan fingerprint density at radius 2 is 1.67 bits per heavy atom. The fourth-order valence-electron chi connectivity index (χ4n) is 3.17. The number of fused-ring (bicyclic) bond motifs is 1. The number of aromatic amines is 2. The van der Waals surface area contributed by atoms with Gasteiger partial charge in [-0.2, -0.15) is 4.98 Å². The van der Waals surface area contributed by atoms with Crippen molar-refractivity contribution in [3.05, 3.63) is 16.7 Å². The first kappa shape index (κ1) is 21.1. The van der Waals surface area contributed by atoms with Crippen LogP contribution in [0.4, 0.5) is 5.95 Å². The Balaban J connectivity index is 1.50. The quantitative estimate of drug-likeness (QED) is 0.447. The number of hydrogen-bond acceptors (Lipinski definition) is 4. The van der Waals surface area contributed by atoms with Crippen LogP contribution < -0.4 is 10.9 Å². The van der Waals surface area contributed by atoms with Crippen LogP contribution in [-0.4, -0.2) is 25.8 Å². The molecule has 0 unspecified atom stereocenters. The number of H-pyrrole nitrogens is 2. The van der Waals surface area contributed by atoms with E-state index in [-0.39, 0.29) is 17.4 Å². The topological polar surface area (TPSA) is 104 Å². The number of aromatic nitrogens is 4. The molecule has 0 atom stereocenters. The fourth-order valence-corrected chi connectivity index (χ4v) is 3.17. The first-order valence-electron chi connectivity index (χ1n) is 10.3. The van der Waals surface area contributed by atoms with Crippen molar-refractivity contribution in [2.75, 3.05) is 5.32 Å². The standard InChI is InChI=1S/C20H33N5O2/c1-15(2)12-10-8-6-4-3-5-7-9-11-13-16(26)23-20-24-18-17(19(27)25-20)21-14-22-18/h14-15H,3-13H2,1-2H3,(H3,21,22,23,24,25,26,27). The Kier molecular flexibility index (Phi) is 9.01. The lowest BCUT2D eigenvalue weighted by Gasteiger charge is -2.05. The van der Waals surface area contributed by atoms with Gasteiger partial charge >= 0.3 is 0 Å². The number of hydrogen-bond donors (Lipinski definition) is 3. The van der Waals surface area contributed by atoms with E-state index in [0.717, 1.165) is 18.8 Å². The third-order valence-corrected chi connectivity index (χ3v) is 4.74. The first-order valence-corrected chi connectivity index (χ1v) is 10.3. The molecule has 7 nitrogen and oxygen atoms in total. The van der Waals surface area contributed by atoms with E-state index in [0.29, 0.717) is 17.6 Å². The van der Waals surface area contributed by atoms with Gasteiger partial charge in [0, 0.05) is 6.42 Å². The van der Waals surface area contributed by atoms with Crippen LogP contribution in [0.25, 0.3) is 11.2 Å². The third-order valence-electron chi connectivity index (χ3n) is 4.74. The molecule has 0 aliphatic heterocycles. The van der Waals surface area contributed by atoms with Gasteiger partial charge in [-0.3, -0.25) is 19.9 Å². The van der Waals surface area contributed by atoms with E-state index in [9.17, 15) is 9.59 Å². The van der Waals surface area contributed by atoms with E-state index in [1.54, 1.807) is 0 Å². The molecule has 0 aliphatic carbocycles. The van der Waals surface area contributed by atoms with Crippen molar-refractivity contribution in [1.29, 1.82) is 0 Å². The molecule has 7 heteroatoms. The smallest absolute Gasteiger partial charge is 0.278 e. The average molecular weight is 376 g/mol. The number of carbonyl (C=O) groups is 1. The van der Waals surface area contributed by atoms with Gasteiger partial charge in [0.25, 0.3) is 5.56 Å². The van der Waals surface area contributed by atoms with E-state index in [2.05, 4.69) is 39.1 Å². The summed E-state index contributed by atoms with van der Waals surface area (Å²) in [5.41, 5.74) is 0.281. The summed E-state index contributed by atoms with van der Waals surface area (Å²) in [6, 6.07) is 0. The van der Waals surface area contributed by atoms with Crippen LogP contribution in [-0.2, 0) is 4.79 Å². The zero-order valence-corrected chi connectivity index (χ0v) is 16.6. The minimum atomic E-state index is -0.336. The van der Waals surface area contributed by atoms with Crippen LogP contribution in [0.1, 0.15) is 84.5 Å². The number of imidazole rings is 1. The SMILES string of the molecule is CC(C)CCCCCCCCCCCC(=O)Nc1nc2nc[nH]c2c(=O)[nH]1. The molecule has 0 aromatic carbocycles. The van der Waals surface area contributed by atoms with Crippen LogP contribution in [0.3, 0.4) is 0 Å². The number of amides is 1. The predicted octanol–water partition coefficient (Wildman–Crippen LogP) is 4.53. The second-order valence-electron chi connectivity index (χ2n) is 7.68. The Hall–Kier alpha value is -2.18. The molecule has 0 fully saturated rings. The molecule has 1 amide bonds. The van der Waals surface area contributed by atoms with E-state index in [1.165, 1.54) is 57.7 Å². The maximum Gasteiger partial charge on any atom is 0.278 e. The van der Waals surface area contributed by atoms with Gasteiger partial charge in [0.1, 0.15) is 0 Å². The third kappa shape index (κ3) is 7.93. The summed E-state index contributed by atoms with van der Waals surface area (Å²) in [5.74, 6) is 0.853. The summed E-state index contributed by atoms with van der Waals surface area (Å²) in [5, 5.41) is 2.64. The van der Waals surface area contributed by atoms with Crippen molar-refractivity contribution in [3.8, 4) is 0 Å². The van der Waals surface area contributed by atoms with Crippen molar-refractivity contribution in [3.63, 3.8) is 0 Å². The van der Waals surface area contributed by atoms with Crippen molar-refractivity contribution in [2.45, 2.75) is 84.5 Å². The number of nitrogens with one attached hydrogen (secondary N) is 3. The van der Waals surface area contributed by atoms with E-state index < -0.39 is 0 Å². The van der Waals surface area contributed by atoms with Crippen molar-refractivity contribution >= 4 is 23.0 Å². The second kappa shape index (κ2) is 11.5. The summed E-state index contributed by atoms with van der Waals surface area (Å²) in [7, 11) is 0. The van der Waals surface area contributed by atoms with Crippen LogP contribution >= 0.6 is 0 Å². The van der Waals surface area contributed by atoms with Gasteiger partial charge in [-0.05, 0) is 12.3 Å². The predicted molar refractivity (Wildman–Crippen MR) is 109 cm³/mol. The molecule has 0 bridgehead atoms. The van der Waals surface area contributed by atoms with Gasteiger partial charge in [0.05, 0.1) is 6.33 Å². The highest BCUT2D eigenvalue weighted by atomic mass is 16.2. The average Bonchev–Trinajstić information content (AvgIpc) is 3.08. The van der Waals surface area contributed by atoms with Gasteiger partial charge in [0.15, 0.2) is 11.2 Å². The van der Waals surface area contributed by atoms with E-state index in [4.69, 9.17) is 0 Å². The van der Waals surface area contributed by atoms with Gasteiger partial charge in [0.2, 0.25) is 11.9 Å². The molecule has 0 radical (unpaired) electrons. The molecule has 0 saturated heterocycles. The molecular formula is C20H33N5O2. The zero-order chi connectivity index (χ0) is 19.5. The maximum atomic E-state index is 12.0. The summed E-state index contributed by atoms with van der Waals surface area (Å²) in [4.78, 5) is 37.1. The first-order chi connectivity index (χ1) is 13.1. The van der Waals surface area contributed by atoms with Crippen molar-refractivity contribution in [1.82, 2.24) is 19.9 Å².